The number of ketones is 2. The average Bonchev–Trinajstić information content (AvgIpc) is 2.66. The molecule has 0 N–H and O–H groups in total. The van der Waals surface area contributed by atoms with Gasteiger partial charge in [-0.2, -0.15) is 13.2 Å². The minimum Gasteiger partial charge on any atom is -0.307 e. The number of hydrogen-bond donors (Lipinski definition) is 0. The maximum absolute atomic E-state index is 13.7. The number of hydroxylamine groups is 1. The second-order valence-corrected chi connectivity index (χ2v) is 8.76. The zero-order valence-corrected chi connectivity index (χ0v) is 17.0. The smallest absolute Gasteiger partial charge is 0.307 e. The second kappa shape index (κ2) is 7.50. The van der Waals surface area contributed by atoms with Gasteiger partial charge in [-0.1, -0.05) is 0 Å². The predicted octanol–water partition coefficient (Wildman–Crippen LogP) is 3.75. The molecule has 1 aromatic carbocycles. The molecule has 0 saturated heterocycles. The summed E-state index contributed by atoms with van der Waals surface area (Å²) < 4.78 is 63.9. The number of alkyl halides is 3. The van der Waals surface area contributed by atoms with Crippen molar-refractivity contribution < 1.29 is 41.2 Å². The Balaban J connectivity index is 2.24. The third-order valence-electron chi connectivity index (χ3n) is 4.99. The third-order valence-corrected chi connectivity index (χ3v) is 7.72. The molecule has 2 aliphatic rings. The molecule has 3 rings (SSSR count). The number of rotatable bonds is 7. The summed E-state index contributed by atoms with van der Waals surface area (Å²) >= 11 is 0. The van der Waals surface area contributed by atoms with Crippen LogP contribution in [0.4, 0.5) is 18.9 Å². The van der Waals surface area contributed by atoms with Gasteiger partial charge in [-0.15, -0.1) is 0 Å². The summed E-state index contributed by atoms with van der Waals surface area (Å²) in [5, 5.41) is -1.08. The molecule has 0 aromatic heterocycles. The maximum Gasteiger partial charge on any atom is 0.416 e. The lowest BCUT2D eigenvalue weighted by Gasteiger charge is -2.56. The van der Waals surface area contributed by atoms with E-state index in [1.165, 1.54) is 0 Å². The van der Waals surface area contributed by atoms with E-state index in [2.05, 4.69) is 0 Å². The standard InChI is InChI=1S/C18H21F3NO6P/c1-4-26-22-14-8-7-12(18(19,20)21)9-11(14)10-13-15(23)16(24)17(13,22)29(25,27-5-2)28-6-3/h7-9,13H,4-6,10H2,1-3H3. The molecular formula is C18H21F3NO6P. The first-order valence-electron chi connectivity index (χ1n) is 9.19. The quantitative estimate of drug-likeness (QED) is 0.477. The van der Waals surface area contributed by atoms with Crippen LogP contribution in [-0.2, 0) is 40.6 Å². The van der Waals surface area contributed by atoms with Gasteiger partial charge in [0.2, 0.25) is 16.8 Å². The monoisotopic (exact) mass is 435 g/mol. The summed E-state index contributed by atoms with van der Waals surface area (Å²) in [4.78, 5) is 30.8. The second-order valence-electron chi connectivity index (χ2n) is 6.56. The Kier molecular flexibility index (Phi) is 5.68. The fraction of sp³-hybridized carbons (Fsp3) is 0.556. The molecule has 2 atom stereocenters. The van der Waals surface area contributed by atoms with Crippen LogP contribution < -0.4 is 5.06 Å². The van der Waals surface area contributed by atoms with Gasteiger partial charge in [-0.05, 0) is 51.0 Å². The summed E-state index contributed by atoms with van der Waals surface area (Å²) in [6, 6.07) is 2.90. The molecule has 1 aromatic rings. The van der Waals surface area contributed by atoms with Crippen molar-refractivity contribution in [3.63, 3.8) is 0 Å². The van der Waals surface area contributed by atoms with Gasteiger partial charge in [-0.25, -0.2) is 5.06 Å². The van der Waals surface area contributed by atoms with E-state index >= 15 is 0 Å². The summed E-state index contributed by atoms with van der Waals surface area (Å²) in [6.45, 7) is 4.59. The minimum atomic E-state index is -4.58. The normalized spacial score (nSPS) is 24.2. The molecule has 11 heteroatoms. The van der Waals surface area contributed by atoms with Gasteiger partial charge in [-0.3, -0.25) is 19.0 Å². The van der Waals surface area contributed by atoms with Crippen molar-refractivity contribution in [2.45, 2.75) is 38.6 Å². The average molecular weight is 435 g/mol. The molecule has 0 radical (unpaired) electrons. The SMILES string of the molecule is CCON1c2ccc(C(F)(F)F)cc2CC2C(=O)C(=O)C21P(=O)(OCC)OCC. The van der Waals surface area contributed by atoms with Gasteiger partial charge >= 0.3 is 13.8 Å². The van der Waals surface area contributed by atoms with E-state index in [1.54, 1.807) is 20.8 Å². The van der Waals surface area contributed by atoms with Gasteiger partial charge in [0.05, 0.1) is 37.0 Å². The number of benzene rings is 1. The number of anilines is 1. The van der Waals surface area contributed by atoms with E-state index in [-0.39, 0.29) is 37.5 Å². The van der Waals surface area contributed by atoms with Crippen molar-refractivity contribution in [1.29, 1.82) is 0 Å². The van der Waals surface area contributed by atoms with E-state index in [4.69, 9.17) is 13.9 Å². The molecular weight excluding hydrogens is 414 g/mol. The molecule has 1 aliphatic carbocycles. The van der Waals surface area contributed by atoms with Gasteiger partial charge in [0, 0.05) is 0 Å². The number of hydrogen-bond acceptors (Lipinski definition) is 7. The molecule has 2 unspecified atom stereocenters. The predicted molar refractivity (Wildman–Crippen MR) is 96.3 cm³/mol. The Bertz CT molecular complexity index is 879. The lowest BCUT2D eigenvalue weighted by atomic mass is 9.69. The van der Waals surface area contributed by atoms with Crippen LogP contribution >= 0.6 is 7.60 Å². The maximum atomic E-state index is 13.7. The molecule has 0 bridgehead atoms. The molecule has 29 heavy (non-hydrogen) atoms. The molecule has 7 nitrogen and oxygen atoms in total. The number of carbonyl (C=O) groups excluding carboxylic acids is 2. The van der Waals surface area contributed by atoms with E-state index < -0.39 is 42.1 Å². The fourth-order valence-corrected chi connectivity index (χ4v) is 6.38. The van der Waals surface area contributed by atoms with Crippen molar-refractivity contribution in [2.24, 2.45) is 5.92 Å². The van der Waals surface area contributed by atoms with Gasteiger partial charge in [0.1, 0.15) is 0 Å². The van der Waals surface area contributed by atoms with Crippen LogP contribution in [0.5, 0.6) is 0 Å². The van der Waals surface area contributed by atoms with Crippen LogP contribution in [0.1, 0.15) is 31.9 Å². The fourth-order valence-electron chi connectivity index (χ4n) is 3.90. The molecule has 160 valence electrons. The van der Waals surface area contributed by atoms with Crippen LogP contribution in [0.2, 0.25) is 0 Å². The summed E-state index contributed by atoms with van der Waals surface area (Å²) in [7, 11) is -4.25. The van der Waals surface area contributed by atoms with Crippen LogP contribution in [0.25, 0.3) is 0 Å². The molecule has 0 spiro atoms. The Morgan fingerprint density at radius 3 is 2.28 bits per heavy atom. The molecule has 1 aliphatic heterocycles. The Hall–Kier alpha value is -1.74. The summed E-state index contributed by atoms with van der Waals surface area (Å²) in [6.07, 6.45) is -4.79. The van der Waals surface area contributed by atoms with Crippen LogP contribution in [0, 0.1) is 5.92 Å². The number of Topliss-reactive ketones (excluding diaryl/α,β-unsaturated/α-hetero) is 2. The summed E-state index contributed by atoms with van der Waals surface area (Å²) in [5.41, 5.74) is -0.609. The Labute approximate surface area is 165 Å². The minimum absolute atomic E-state index is 0.00858. The van der Waals surface area contributed by atoms with Gasteiger partial charge < -0.3 is 9.05 Å². The lowest BCUT2D eigenvalue weighted by molar-refractivity contribution is -0.156. The molecule has 1 saturated carbocycles. The summed E-state index contributed by atoms with van der Waals surface area (Å²) in [5.74, 6) is -3.04. The van der Waals surface area contributed by atoms with E-state index in [1.807, 2.05) is 0 Å². The first-order valence-corrected chi connectivity index (χ1v) is 10.7. The van der Waals surface area contributed by atoms with Gasteiger partial charge in [0.15, 0.2) is 0 Å². The molecule has 1 fully saturated rings. The van der Waals surface area contributed by atoms with E-state index in [9.17, 15) is 27.3 Å². The third kappa shape index (κ3) is 3.04. The highest BCUT2D eigenvalue weighted by molar-refractivity contribution is 7.58. The van der Waals surface area contributed by atoms with Gasteiger partial charge in [0.25, 0.3) is 0 Å². The number of carbonyl (C=O) groups is 2. The van der Waals surface area contributed by atoms with Crippen molar-refractivity contribution in [1.82, 2.24) is 0 Å². The highest BCUT2D eigenvalue weighted by Gasteiger charge is 2.78. The highest BCUT2D eigenvalue weighted by atomic mass is 31.2. The molecule has 0 amide bonds. The topological polar surface area (TPSA) is 82.1 Å². The van der Waals surface area contributed by atoms with Crippen molar-refractivity contribution in [3.8, 4) is 0 Å². The van der Waals surface area contributed by atoms with Crippen molar-refractivity contribution in [2.75, 3.05) is 24.9 Å². The Morgan fingerprint density at radius 1 is 1.14 bits per heavy atom. The lowest BCUT2D eigenvalue weighted by Crippen LogP contribution is -2.75. The first-order chi connectivity index (χ1) is 13.6. The van der Waals surface area contributed by atoms with Crippen LogP contribution in [0.15, 0.2) is 18.2 Å². The highest BCUT2D eigenvalue weighted by Crippen LogP contribution is 2.71. The number of fused-ring (bicyclic) bond motifs is 2. The van der Waals surface area contributed by atoms with Crippen molar-refractivity contribution >= 4 is 24.8 Å². The zero-order chi connectivity index (χ0) is 21.6. The first kappa shape index (κ1) is 22.0. The largest absolute Gasteiger partial charge is 0.416 e. The number of nitrogens with zero attached hydrogens (tertiary/aromatic N) is 1. The number of halogens is 3. The van der Waals surface area contributed by atoms with Crippen LogP contribution in [0.3, 0.4) is 0 Å². The van der Waals surface area contributed by atoms with E-state index in [0.29, 0.717) is 0 Å². The Morgan fingerprint density at radius 2 is 1.76 bits per heavy atom. The zero-order valence-electron chi connectivity index (χ0n) is 16.1. The molecule has 1 heterocycles. The van der Waals surface area contributed by atoms with Crippen LogP contribution in [-0.4, -0.2) is 36.7 Å². The van der Waals surface area contributed by atoms with E-state index in [0.717, 1.165) is 23.3 Å². The van der Waals surface area contributed by atoms with Crippen molar-refractivity contribution in [3.05, 3.63) is 29.3 Å².